The number of fused-ring (bicyclic) bond motifs is 6. The van der Waals surface area contributed by atoms with Crippen molar-refractivity contribution in [1.29, 1.82) is 0 Å². The number of hydrogen-bond acceptors (Lipinski definition) is 0. The van der Waals surface area contributed by atoms with Crippen molar-refractivity contribution in [1.82, 2.24) is 9.13 Å². The molecular formula is C72H50N2Si. The number of benzene rings is 12. The van der Waals surface area contributed by atoms with Gasteiger partial charge in [-0.25, -0.2) is 0 Å². The third kappa shape index (κ3) is 7.55. The average Bonchev–Trinajstić information content (AvgIpc) is 4.02. The minimum absolute atomic E-state index is 1.14. The molecule has 0 amide bonds. The van der Waals surface area contributed by atoms with Crippen molar-refractivity contribution < 1.29 is 0 Å². The molecule has 2 heterocycles. The molecule has 2 nitrogen and oxygen atoms in total. The molecule has 352 valence electrons. The molecule has 0 aliphatic heterocycles. The van der Waals surface area contributed by atoms with E-state index in [2.05, 4.69) is 312 Å². The number of rotatable bonds is 10. The van der Waals surface area contributed by atoms with Gasteiger partial charge < -0.3 is 9.13 Å². The molecule has 0 saturated carbocycles. The highest BCUT2D eigenvalue weighted by Gasteiger charge is 2.41. The highest BCUT2D eigenvalue weighted by molar-refractivity contribution is 7.19. The standard InChI is InChI=1S/C72H50N2Si/c1-5-19-51(20-6-1)55-21-17-23-60(47-55)74-70-34-16-14-32-66(70)68-50-58(42-46-72(68)74)53-37-35-52(36-38-53)57-41-45-71-67(49-57)65-31-13-15-33-69(65)73(71)59-43-39-54(40-44-59)56-22-18-30-64(48-56)75(61-24-7-2-8-25-61,62-26-9-3-10-27-62)63-28-11-4-12-29-63/h1-50H. The average molecular weight is 971 g/mol. The Labute approximate surface area is 438 Å². The van der Waals surface area contributed by atoms with Crippen molar-refractivity contribution in [3.05, 3.63) is 303 Å². The second-order valence-electron chi connectivity index (χ2n) is 19.6. The first-order valence-electron chi connectivity index (χ1n) is 25.9. The summed E-state index contributed by atoms with van der Waals surface area (Å²) in [6.45, 7) is 0. The van der Waals surface area contributed by atoms with Crippen molar-refractivity contribution >= 4 is 72.4 Å². The van der Waals surface area contributed by atoms with Crippen LogP contribution in [0.4, 0.5) is 0 Å². The Balaban J connectivity index is 0.788. The first-order chi connectivity index (χ1) is 37.2. The molecule has 12 aromatic carbocycles. The van der Waals surface area contributed by atoms with Gasteiger partial charge in [0.2, 0.25) is 0 Å². The zero-order chi connectivity index (χ0) is 49.7. The van der Waals surface area contributed by atoms with E-state index in [0.717, 1.165) is 11.4 Å². The van der Waals surface area contributed by atoms with Crippen LogP contribution in [0.25, 0.3) is 99.5 Å². The predicted octanol–water partition coefficient (Wildman–Crippen LogP) is 15.9. The summed E-state index contributed by atoms with van der Waals surface area (Å²) in [5, 5.41) is 10.5. The maximum absolute atomic E-state index is 2.67. The predicted molar refractivity (Wildman–Crippen MR) is 320 cm³/mol. The van der Waals surface area contributed by atoms with Crippen LogP contribution in [-0.2, 0) is 0 Å². The molecular weight excluding hydrogens is 921 g/mol. The molecule has 0 spiro atoms. The number of hydrogen-bond donors (Lipinski definition) is 0. The van der Waals surface area contributed by atoms with Crippen LogP contribution >= 0.6 is 0 Å². The fourth-order valence-electron chi connectivity index (χ4n) is 12.0. The molecule has 3 heteroatoms. The lowest BCUT2D eigenvalue weighted by Crippen LogP contribution is -2.74. The van der Waals surface area contributed by atoms with E-state index in [1.54, 1.807) is 0 Å². The van der Waals surface area contributed by atoms with Crippen LogP contribution in [0.2, 0.25) is 0 Å². The number of para-hydroxylation sites is 2. The van der Waals surface area contributed by atoms with Gasteiger partial charge in [0.15, 0.2) is 8.07 Å². The van der Waals surface area contributed by atoms with Gasteiger partial charge in [0, 0.05) is 32.9 Å². The van der Waals surface area contributed by atoms with Gasteiger partial charge in [-0.2, -0.15) is 0 Å². The lowest BCUT2D eigenvalue weighted by atomic mass is 9.98. The maximum Gasteiger partial charge on any atom is 0.179 e. The molecule has 0 radical (unpaired) electrons. The van der Waals surface area contributed by atoms with E-state index >= 15 is 0 Å². The topological polar surface area (TPSA) is 9.86 Å². The van der Waals surface area contributed by atoms with Gasteiger partial charge in [0.05, 0.1) is 22.1 Å². The Kier molecular flexibility index (Phi) is 10.9. The van der Waals surface area contributed by atoms with Crippen LogP contribution in [0, 0.1) is 0 Å². The van der Waals surface area contributed by atoms with Crippen molar-refractivity contribution in [2.75, 3.05) is 0 Å². The molecule has 0 aliphatic carbocycles. The second-order valence-corrected chi connectivity index (χ2v) is 23.4. The zero-order valence-corrected chi connectivity index (χ0v) is 42.3. The molecule has 14 rings (SSSR count). The quantitative estimate of drug-likeness (QED) is 0.0955. The Morgan fingerprint density at radius 2 is 0.520 bits per heavy atom. The normalized spacial score (nSPS) is 11.7. The fraction of sp³-hybridized carbons (Fsp3) is 0. The fourth-order valence-corrected chi connectivity index (χ4v) is 16.8. The summed E-state index contributed by atoms with van der Waals surface area (Å²) in [4.78, 5) is 0. The minimum Gasteiger partial charge on any atom is -0.309 e. The van der Waals surface area contributed by atoms with Crippen molar-refractivity contribution in [2.24, 2.45) is 0 Å². The van der Waals surface area contributed by atoms with E-state index in [4.69, 9.17) is 0 Å². The van der Waals surface area contributed by atoms with Crippen molar-refractivity contribution in [3.63, 3.8) is 0 Å². The first kappa shape index (κ1) is 44.2. The van der Waals surface area contributed by atoms with Gasteiger partial charge in [-0.05, 0) is 126 Å². The highest BCUT2D eigenvalue weighted by Crippen LogP contribution is 2.39. The third-order valence-corrected chi connectivity index (χ3v) is 20.3. The molecule has 14 aromatic rings. The zero-order valence-electron chi connectivity index (χ0n) is 41.3. The van der Waals surface area contributed by atoms with E-state index in [9.17, 15) is 0 Å². The van der Waals surface area contributed by atoms with Gasteiger partial charge in [0.1, 0.15) is 0 Å². The Bertz CT molecular complexity index is 4270. The van der Waals surface area contributed by atoms with Crippen molar-refractivity contribution in [3.8, 4) is 55.9 Å². The Morgan fingerprint density at radius 1 is 0.187 bits per heavy atom. The Hall–Kier alpha value is -9.54. The van der Waals surface area contributed by atoms with Crippen LogP contribution in [0.5, 0.6) is 0 Å². The summed E-state index contributed by atoms with van der Waals surface area (Å²) in [5.41, 5.74) is 16.7. The molecule has 2 aromatic heterocycles. The molecule has 0 atom stereocenters. The second kappa shape index (κ2) is 18.5. The summed E-state index contributed by atoms with van der Waals surface area (Å²) in [7, 11) is -2.67. The van der Waals surface area contributed by atoms with Crippen molar-refractivity contribution in [2.45, 2.75) is 0 Å². The molecule has 0 fully saturated rings. The summed E-state index contributed by atoms with van der Waals surface area (Å²) < 4.78 is 4.82. The third-order valence-electron chi connectivity index (χ3n) is 15.5. The molecule has 0 N–H and O–H groups in total. The molecule has 0 aliphatic rings. The van der Waals surface area contributed by atoms with E-state index in [0.29, 0.717) is 0 Å². The molecule has 0 bridgehead atoms. The molecule has 75 heavy (non-hydrogen) atoms. The van der Waals surface area contributed by atoms with E-state index in [-0.39, 0.29) is 0 Å². The molecule has 0 unspecified atom stereocenters. The van der Waals surface area contributed by atoms with Crippen LogP contribution in [0.15, 0.2) is 303 Å². The van der Waals surface area contributed by atoms with E-state index in [1.165, 1.54) is 109 Å². The van der Waals surface area contributed by atoms with Crippen LogP contribution in [-0.4, -0.2) is 17.2 Å². The van der Waals surface area contributed by atoms with Gasteiger partial charge in [-0.3, -0.25) is 0 Å². The first-order valence-corrected chi connectivity index (χ1v) is 27.9. The lowest BCUT2D eigenvalue weighted by Gasteiger charge is -2.34. The van der Waals surface area contributed by atoms with Crippen LogP contribution < -0.4 is 20.7 Å². The van der Waals surface area contributed by atoms with E-state index < -0.39 is 8.07 Å². The van der Waals surface area contributed by atoms with Gasteiger partial charge >= 0.3 is 0 Å². The maximum atomic E-state index is 2.45. The highest BCUT2D eigenvalue weighted by atomic mass is 28.3. The summed E-state index contributed by atoms with van der Waals surface area (Å²) >= 11 is 0. The Morgan fingerprint density at radius 3 is 1.03 bits per heavy atom. The van der Waals surface area contributed by atoms with E-state index in [1.807, 2.05) is 0 Å². The van der Waals surface area contributed by atoms with Gasteiger partial charge in [-0.15, -0.1) is 0 Å². The molecule has 0 saturated heterocycles. The van der Waals surface area contributed by atoms with Crippen LogP contribution in [0.1, 0.15) is 0 Å². The van der Waals surface area contributed by atoms with Gasteiger partial charge in [-0.1, -0.05) is 243 Å². The van der Waals surface area contributed by atoms with Crippen LogP contribution in [0.3, 0.4) is 0 Å². The summed E-state index contributed by atoms with van der Waals surface area (Å²) in [6, 6.07) is 112. The lowest BCUT2D eigenvalue weighted by molar-refractivity contribution is 1.18. The number of aromatic nitrogens is 2. The monoisotopic (exact) mass is 970 g/mol. The smallest absolute Gasteiger partial charge is 0.179 e. The summed E-state index contributed by atoms with van der Waals surface area (Å²) in [6.07, 6.45) is 0. The minimum atomic E-state index is -2.67. The summed E-state index contributed by atoms with van der Waals surface area (Å²) in [5.74, 6) is 0. The number of nitrogens with zero attached hydrogens (tertiary/aromatic N) is 2. The SMILES string of the molecule is c1ccc(-c2cccc(-n3c4ccccc4c4cc(-c5ccc(-c6ccc7c(c6)c6ccccc6n7-c6ccc(-c7cccc([Si](c8ccccc8)(c8ccccc8)c8ccccc8)c7)cc6)cc5)ccc43)c2)cc1. The largest absolute Gasteiger partial charge is 0.309 e. The van der Waals surface area contributed by atoms with Gasteiger partial charge in [0.25, 0.3) is 0 Å².